The first-order valence-corrected chi connectivity index (χ1v) is 12.5. The second-order valence-corrected chi connectivity index (χ2v) is 10.9. The number of piperidine rings is 1. The first-order valence-electron chi connectivity index (χ1n) is 12.5. The van der Waals surface area contributed by atoms with E-state index >= 15 is 0 Å². The summed E-state index contributed by atoms with van der Waals surface area (Å²) < 4.78 is 13.5. The average Bonchev–Trinajstić information content (AvgIpc) is 3.37. The molecule has 9 nitrogen and oxygen atoms in total. The third kappa shape index (κ3) is 6.01. The third-order valence-electron chi connectivity index (χ3n) is 6.84. The van der Waals surface area contributed by atoms with Crippen LogP contribution in [0.4, 0.5) is 10.5 Å². The van der Waals surface area contributed by atoms with Gasteiger partial charge in [-0.2, -0.15) is 14.7 Å². The largest absolute Gasteiger partial charge is 0.497 e. The molecule has 196 valence electrons. The predicted molar refractivity (Wildman–Crippen MR) is 138 cm³/mol. The van der Waals surface area contributed by atoms with Gasteiger partial charge >= 0.3 is 12.2 Å². The zero-order valence-electron chi connectivity index (χ0n) is 21.9. The number of hydrogen-bond acceptors (Lipinski definition) is 7. The summed E-state index contributed by atoms with van der Waals surface area (Å²) in [5.41, 5.74) is 2.82. The van der Waals surface area contributed by atoms with Crippen molar-refractivity contribution >= 4 is 28.8 Å². The number of methoxy groups -OCH3 is 1. The van der Waals surface area contributed by atoms with E-state index in [-0.39, 0.29) is 17.7 Å². The van der Waals surface area contributed by atoms with Crippen molar-refractivity contribution in [2.75, 3.05) is 31.6 Å². The van der Waals surface area contributed by atoms with Gasteiger partial charge < -0.3 is 9.47 Å². The van der Waals surface area contributed by atoms with Gasteiger partial charge in [0.25, 0.3) is 0 Å². The van der Waals surface area contributed by atoms with E-state index in [1.807, 2.05) is 36.4 Å². The van der Waals surface area contributed by atoms with Gasteiger partial charge in [-0.3, -0.25) is 14.5 Å². The second kappa shape index (κ2) is 10.7. The number of carbonyl (C=O) groups is 1. The molecule has 2 fully saturated rings. The van der Waals surface area contributed by atoms with Crippen molar-refractivity contribution in [3.8, 4) is 5.75 Å². The monoisotopic (exact) mass is 506 g/mol. The average molecular weight is 507 g/mol. The van der Waals surface area contributed by atoms with Crippen molar-refractivity contribution in [1.29, 1.82) is 0 Å². The van der Waals surface area contributed by atoms with Gasteiger partial charge in [-0.15, -0.1) is 0 Å². The summed E-state index contributed by atoms with van der Waals surface area (Å²) >= 11 is 0. The van der Waals surface area contributed by atoms with Gasteiger partial charge in [0.1, 0.15) is 11.4 Å². The summed E-state index contributed by atoms with van der Waals surface area (Å²) in [5.74, 6) is 0.847. The van der Waals surface area contributed by atoms with Crippen LogP contribution in [0.5, 0.6) is 5.75 Å². The Morgan fingerprint density at radius 2 is 1.76 bits per heavy atom. The molecule has 5 rings (SSSR count). The molecule has 3 aromatic rings. The normalized spacial score (nSPS) is 17.3. The number of benzene rings is 2. The molecule has 37 heavy (non-hydrogen) atoms. The van der Waals surface area contributed by atoms with Crippen molar-refractivity contribution in [2.45, 2.75) is 52.3 Å². The lowest BCUT2D eigenvalue weighted by Gasteiger charge is -2.37. The van der Waals surface area contributed by atoms with E-state index in [0.29, 0.717) is 6.54 Å². The molecule has 1 aromatic heterocycles. The standard InChI is InChI=1S/C27H34N4O3.CO2/c1-26(2,3)18-31-24-16-21(33-4)10-11-22(24)23(28-31)17-29-14-12-27(13-15-29)19-30(25(32)34-27)20-8-6-5-7-9-20;2-1-3/h5-11,16H,12-15,17-19H2,1-4H3;. The Bertz CT molecular complexity index is 1270. The molecule has 0 radical (unpaired) electrons. The van der Waals surface area contributed by atoms with Crippen LogP contribution in [0.2, 0.25) is 0 Å². The fraction of sp³-hybridized carbons (Fsp3) is 0.464. The first-order chi connectivity index (χ1) is 17.7. The highest BCUT2D eigenvalue weighted by Crippen LogP contribution is 2.36. The van der Waals surface area contributed by atoms with E-state index in [0.717, 1.165) is 61.7 Å². The highest BCUT2D eigenvalue weighted by molar-refractivity contribution is 5.90. The molecule has 0 aliphatic carbocycles. The topological polar surface area (TPSA) is 94.0 Å². The van der Waals surface area contributed by atoms with E-state index in [4.69, 9.17) is 24.2 Å². The number of amides is 1. The summed E-state index contributed by atoms with van der Waals surface area (Å²) in [7, 11) is 1.70. The highest BCUT2D eigenvalue weighted by Gasteiger charge is 2.47. The lowest BCUT2D eigenvalue weighted by atomic mass is 9.91. The molecule has 2 aromatic carbocycles. The molecule has 0 bridgehead atoms. The molecule has 1 spiro atoms. The van der Waals surface area contributed by atoms with Gasteiger partial charge in [-0.05, 0) is 29.7 Å². The van der Waals surface area contributed by atoms with Crippen molar-refractivity contribution in [3.63, 3.8) is 0 Å². The van der Waals surface area contributed by atoms with Crippen molar-refractivity contribution < 1.29 is 23.9 Å². The number of rotatable bonds is 5. The number of carbonyl (C=O) groups excluding carboxylic acids is 3. The quantitative estimate of drug-likeness (QED) is 0.503. The van der Waals surface area contributed by atoms with Crippen LogP contribution < -0.4 is 9.64 Å². The third-order valence-corrected chi connectivity index (χ3v) is 6.84. The number of nitrogens with zero attached hydrogens (tertiary/aromatic N) is 4. The van der Waals surface area contributed by atoms with Crippen LogP contribution in [0, 0.1) is 5.41 Å². The maximum Gasteiger partial charge on any atom is 0.415 e. The van der Waals surface area contributed by atoms with Crippen LogP contribution in [0.15, 0.2) is 48.5 Å². The maximum absolute atomic E-state index is 12.6. The van der Waals surface area contributed by atoms with Gasteiger partial charge in [-0.1, -0.05) is 39.0 Å². The Morgan fingerprint density at radius 1 is 1.08 bits per heavy atom. The molecule has 0 atom stereocenters. The van der Waals surface area contributed by atoms with Crippen molar-refractivity contribution in [1.82, 2.24) is 14.7 Å². The number of para-hydroxylation sites is 1. The molecule has 2 aliphatic rings. The Kier molecular flexibility index (Phi) is 7.66. The predicted octanol–water partition coefficient (Wildman–Crippen LogP) is 4.50. The van der Waals surface area contributed by atoms with Crippen LogP contribution in [-0.4, -0.2) is 59.3 Å². The van der Waals surface area contributed by atoms with E-state index in [1.54, 1.807) is 12.0 Å². The number of hydrogen-bond donors (Lipinski definition) is 0. The van der Waals surface area contributed by atoms with E-state index in [1.165, 1.54) is 5.39 Å². The molecule has 0 saturated carbocycles. The van der Waals surface area contributed by atoms with Gasteiger partial charge in [0.2, 0.25) is 0 Å². The van der Waals surface area contributed by atoms with Crippen LogP contribution in [0.3, 0.4) is 0 Å². The zero-order chi connectivity index (χ0) is 26.6. The SMILES string of the molecule is COc1ccc2c(CN3CCC4(CC3)CN(c3ccccc3)C(=O)O4)nn(CC(C)(C)C)c2c1.O=C=O. The van der Waals surface area contributed by atoms with Gasteiger partial charge in [0, 0.05) is 56.2 Å². The minimum atomic E-state index is -0.398. The summed E-state index contributed by atoms with van der Waals surface area (Å²) in [5, 5.41) is 6.20. The molecule has 3 heterocycles. The summed E-state index contributed by atoms with van der Waals surface area (Å²) in [4.78, 5) is 33.1. The number of anilines is 1. The van der Waals surface area contributed by atoms with Crippen molar-refractivity contribution in [2.24, 2.45) is 5.41 Å². The lowest BCUT2D eigenvalue weighted by molar-refractivity contribution is -0.191. The lowest BCUT2D eigenvalue weighted by Crippen LogP contribution is -2.46. The molecule has 0 N–H and O–H groups in total. The summed E-state index contributed by atoms with van der Waals surface area (Å²) in [6, 6.07) is 16.0. The summed E-state index contributed by atoms with van der Waals surface area (Å²) in [6.07, 6.45) is 1.67. The number of aromatic nitrogens is 2. The molecule has 9 heteroatoms. The Morgan fingerprint density at radius 3 is 2.38 bits per heavy atom. The van der Waals surface area contributed by atoms with Crippen LogP contribution >= 0.6 is 0 Å². The van der Waals surface area contributed by atoms with Gasteiger partial charge in [-0.25, -0.2) is 4.79 Å². The number of ether oxygens (including phenoxy) is 2. The zero-order valence-corrected chi connectivity index (χ0v) is 21.9. The molecule has 2 saturated heterocycles. The number of likely N-dealkylation sites (tertiary alicyclic amines) is 1. The maximum atomic E-state index is 12.6. The van der Waals surface area contributed by atoms with E-state index < -0.39 is 5.60 Å². The van der Waals surface area contributed by atoms with E-state index in [2.05, 4.69) is 42.5 Å². The molecular weight excluding hydrogens is 472 g/mol. The minimum Gasteiger partial charge on any atom is -0.497 e. The van der Waals surface area contributed by atoms with Crippen LogP contribution in [-0.2, 0) is 27.4 Å². The minimum absolute atomic E-state index is 0.119. The molecule has 0 unspecified atom stereocenters. The van der Waals surface area contributed by atoms with Crippen LogP contribution in [0.25, 0.3) is 10.9 Å². The second-order valence-electron chi connectivity index (χ2n) is 10.9. The molecule has 2 aliphatic heterocycles. The van der Waals surface area contributed by atoms with Gasteiger partial charge in [0.15, 0.2) is 0 Å². The smallest absolute Gasteiger partial charge is 0.415 e. The van der Waals surface area contributed by atoms with Crippen molar-refractivity contribution in [3.05, 3.63) is 54.2 Å². The Labute approximate surface area is 216 Å². The fourth-order valence-electron chi connectivity index (χ4n) is 5.06. The Balaban J connectivity index is 0.00000102. The molecule has 1 amide bonds. The number of fused-ring (bicyclic) bond motifs is 1. The molecular formula is C28H34N4O5. The van der Waals surface area contributed by atoms with Crippen LogP contribution in [0.1, 0.15) is 39.3 Å². The Hall–Kier alpha value is -3.68. The highest BCUT2D eigenvalue weighted by atomic mass is 16.6. The first kappa shape index (κ1) is 26.4. The van der Waals surface area contributed by atoms with E-state index in [9.17, 15) is 4.79 Å². The summed E-state index contributed by atoms with van der Waals surface area (Å²) in [6.45, 7) is 10.7. The fourth-order valence-corrected chi connectivity index (χ4v) is 5.06. The van der Waals surface area contributed by atoms with Gasteiger partial charge in [0.05, 0.1) is 24.9 Å².